The molecule has 0 unspecified atom stereocenters. The fourth-order valence-electron chi connectivity index (χ4n) is 1.44. The highest BCUT2D eigenvalue weighted by Crippen LogP contribution is 2.23. The second-order valence-electron chi connectivity index (χ2n) is 3.38. The molecule has 0 radical (unpaired) electrons. The van der Waals surface area contributed by atoms with Crippen LogP contribution in [0, 0.1) is 0 Å². The van der Waals surface area contributed by atoms with Crippen LogP contribution in [0.15, 0.2) is 30.3 Å². The second-order valence-corrected chi connectivity index (χ2v) is 4.55. The van der Waals surface area contributed by atoms with Crippen LogP contribution in [0.25, 0.3) is 0 Å². The Bertz CT molecular complexity index is 444. The van der Waals surface area contributed by atoms with Crippen molar-refractivity contribution >= 4 is 28.7 Å². The van der Waals surface area contributed by atoms with Crippen molar-refractivity contribution in [2.75, 3.05) is 0 Å². The third-order valence-corrected chi connectivity index (χ3v) is 3.21. The zero-order valence-electron chi connectivity index (χ0n) is 8.30. The van der Waals surface area contributed by atoms with E-state index in [1.807, 2.05) is 6.07 Å². The Balaban J connectivity index is 2.03. The first-order chi connectivity index (χ1) is 7.66. The fraction of sp³-hybridized carbons (Fsp3) is 0.182. The van der Waals surface area contributed by atoms with Gasteiger partial charge in [0.15, 0.2) is 5.78 Å². The van der Waals surface area contributed by atoms with E-state index in [4.69, 9.17) is 0 Å². The second kappa shape index (κ2) is 4.49. The Morgan fingerprint density at radius 1 is 1.25 bits per heavy atom. The van der Waals surface area contributed by atoms with E-state index in [-0.39, 0.29) is 23.4 Å². The molecule has 82 valence electrons. The molecule has 1 aliphatic heterocycles. The number of nitrogens with one attached hydrogen (secondary N) is 1. The topological polar surface area (TPSA) is 63.2 Å². The lowest BCUT2D eigenvalue weighted by Gasteiger charge is -2.03. The summed E-state index contributed by atoms with van der Waals surface area (Å²) in [7, 11) is 0. The first-order valence-corrected chi connectivity index (χ1v) is 5.64. The molecule has 1 heterocycles. The summed E-state index contributed by atoms with van der Waals surface area (Å²) in [6.07, 6.45) is 0.0618. The van der Waals surface area contributed by atoms with E-state index in [9.17, 15) is 14.4 Å². The highest BCUT2D eigenvalue weighted by molar-refractivity contribution is 8.15. The number of amides is 2. The monoisotopic (exact) mass is 235 g/mol. The summed E-state index contributed by atoms with van der Waals surface area (Å²) >= 11 is 0.876. The molecular formula is C11H9NO3S. The summed E-state index contributed by atoms with van der Waals surface area (Å²) in [5.41, 5.74) is 0.565. The van der Waals surface area contributed by atoms with Gasteiger partial charge in [0.05, 0.1) is 0 Å². The first-order valence-electron chi connectivity index (χ1n) is 4.76. The lowest BCUT2D eigenvalue weighted by molar-refractivity contribution is -0.118. The van der Waals surface area contributed by atoms with Crippen molar-refractivity contribution in [3.63, 3.8) is 0 Å². The van der Waals surface area contributed by atoms with Crippen molar-refractivity contribution in [1.82, 2.24) is 5.32 Å². The molecule has 4 nitrogen and oxygen atoms in total. The lowest BCUT2D eigenvalue weighted by Crippen LogP contribution is -2.25. The van der Waals surface area contributed by atoms with Gasteiger partial charge in [-0.2, -0.15) is 0 Å². The lowest BCUT2D eigenvalue weighted by atomic mass is 10.1. The van der Waals surface area contributed by atoms with Crippen LogP contribution in [0.4, 0.5) is 4.79 Å². The fourth-order valence-corrected chi connectivity index (χ4v) is 2.26. The molecule has 1 N–H and O–H groups in total. The molecule has 1 fully saturated rings. The van der Waals surface area contributed by atoms with Gasteiger partial charge in [0, 0.05) is 12.0 Å². The van der Waals surface area contributed by atoms with Crippen LogP contribution in [-0.2, 0) is 4.79 Å². The number of hydrogen-bond donors (Lipinski definition) is 1. The molecule has 0 bridgehead atoms. The van der Waals surface area contributed by atoms with Crippen molar-refractivity contribution in [1.29, 1.82) is 0 Å². The third-order valence-electron chi connectivity index (χ3n) is 2.23. The highest BCUT2D eigenvalue weighted by Gasteiger charge is 2.33. The zero-order chi connectivity index (χ0) is 11.5. The van der Waals surface area contributed by atoms with Crippen molar-refractivity contribution in [3.05, 3.63) is 35.9 Å². The summed E-state index contributed by atoms with van der Waals surface area (Å²) in [5, 5.41) is 1.19. The molecule has 2 amide bonds. The Labute approximate surface area is 96.4 Å². The predicted octanol–water partition coefficient (Wildman–Crippen LogP) is 1.61. The number of benzene rings is 1. The van der Waals surface area contributed by atoms with Gasteiger partial charge in [-0.1, -0.05) is 42.1 Å². The summed E-state index contributed by atoms with van der Waals surface area (Å²) in [6, 6.07) is 8.74. The molecule has 1 saturated heterocycles. The van der Waals surface area contributed by atoms with Gasteiger partial charge < -0.3 is 0 Å². The number of ketones is 1. The van der Waals surface area contributed by atoms with Crippen LogP contribution >= 0.6 is 11.8 Å². The minimum absolute atomic E-state index is 0.0618. The van der Waals surface area contributed by atoms with E-state index in [0.717, 1.165) is 11.8 Å². The van der Waals surface area contributed by atoms with E-state index in [0.29, 0.717) is 5.56 Å². The molecule has 0 aromatic heterocycles. The molecule has 0 saturated carbocycles. The number of carbonyl (C=O) groups excluding carboxylic acids is 3. The van der Waals surface area contributed by atoms with E-state index in [1.54, 1.807) is 24.3 Å². The minimum Gasteiger partial charge on any atom is -0.294 e. The van der Waals surface area contributed by atoms with Crippen LogP contribution in [0.2, 0.25) is 0 Å². The van der Waals surface area contributed by atoms with Crippen LogP contribution < -0.4 is 5.32 Å². The van der Waals surface area contributed by atoms with Gasteiger partial charge in [-0.25, -0.2) is 0 Å². The van der Waals surface area contributed by atoms with E-state index in [1.165, 1.54) is 0 Å². The van der Waals surface area contributed by atoms with E-state index >= 15 is 0 Å². The van der Waals surface area contributed by atoms with Gasteiger partial charge in [-0.05, 0) is 0 Å². The van der Waals surface area contributed by atoms with Gasteiger partial charge in [0.25, 0.3) is 5.24 Å². The maximum absolute atomic E-state index is 11.7. The third kappa shape index (κ3) is 2.30. The Kier molecular flexibility index (Phi) is 3.05. The number of imide groups is 1. The van der Waals surface area contributed by atoms with Gasteiger partial charge in [-0.3, -0.25) is 19.7 Å². The summed E-state index contributed by atoms with van der Waals surface area (Å²) < 4.78 is 0. The van der Waals surface area contributed by atoms with Gasteiger partial charge in [0.1, 0.15) is 5.25 Å². The molecular weight excluding hydrogens is 226 g/mol. The van der Waals surface area contributed by atoms with Crippen molar-refractivity contribution in [3.8, 4) is 0 Å². The van der Waals surface area contributed by atoms with Gasteiger partial charge >= 0.3 is 0 Å². The molecule has 1 aromatic carbocycles. The molecule has 5 heteroatoms. The predicted molar refractivity (Wildman–Crippen MR) is 60.3 cm³/mol. The number of hydrogen-bond acceptors (Lipinski definition) is 4. The maximum atomic E-state index is 11.7. The van der Waals surface area contributed by atoms with Crippen LogP contribution in [0.1, 0.15) is 16.8 Å². The Morgan fingerprint density at radius 2 is 1.94 bits per heavy atom. The quantitative estimate of drug-likeness (QED) is 0.808. The molecule has 1 atom stereocenters. The molecule has 1 aliphatic rings. The average molecular weight is 235 g/mol. The minimum atomic E-state index is -0.583. The number of carbonyl (C=O) groups is 3. The Morgan fingerprint density at radius 3 is 2.50 bits per heavy atom. The number of thioether (sulfide) groups is 1. The number of rotatable bonds is 3. The summed E-state index contributed by atoms with van der Waals surface area (Å²) in [5.74, 6) is -0.498. The van der Waals surface area contributed by atoms with E-state index < -0.39 is 5.25 Å². The molecule has 16 heavy (non-hydrogen) atoms. The number of Topliss-reactive ketones (excluding diaryl/α,β-unsaturated/α-hetero) is 1. The molecule has 2 rings (SSSR count). The van der Waals surface area contributed by atoms with E-state index in [2.05, 4.69) is 5.32 Å². The molecule has 0 spiro atoms. The smallest absolute Gasteiger partial charge is 0.286 e. The van der Waals surface area contributed by atoms with Crippen molar-refractivity contribution in [2.24, 2.45) is 0 Å². The highest BCUT2D eigenvalue weighted by atomic mass is 32.2. The first kappa shape index (κ1) is 10.9. The average Bonchev–Trinajstić information content (AvgIpc) is 2.59. The largest absolute Gasteiger partial charge is 0.294 e. The van der Waals surface area contributed by atoms with Crippen molar-refractivity contribution in [2.45, 2.75) is 11.7 Å². The van der Waals surface area contributed by atoms with Gasteiger partial charge in [0.2, 0.25) is 5.91 Å². The summed E-state index contributed by atoms with van der Waals surface area (Å²) in [6.45, 7) is 0. The zero-order valence-corrected chi connectivity index (χ0v) is 9.12. The van der Waals surface area contributed by atoms with Crippen LogP contribution in [-0.4, -0.2) is 22.2 Å². The SMILES string of the molecule is O=C1NC(=O)[C@@H](CC(=O)c2ccccc2)S1. The van der Waals surface area contributed by atoms with Crippen molar-refractivity contribution < 1.29 is 14.4 Å². The normalized spacial score (nSPS) is 19.6. The van der Waals surface area contributed by atoms with Crippen LogP contribution in [0.3, 0.4) is 0 Å². The van der Waals surface area contributed by atoms with Crippen LogP contribution in [0.5, 0.6) is 0 Å². The van der Waals surface area contributed by atoms with Gasteiger partial charge in [-0.15, -0.1) is 0 Å². The Hall–Kier alpha value is -1.62. The molecule has 1 aromatic rings. The molecule has 0 aliphatic carbocycles. The maximum Gasteiger partial charge on any atom is 0.286 e. The summed E-state index contributed by atoms with van der Waals surface area (Å²) in [4.78, 5) is 33.9. The standard InChI is InChI=1S/C11H9NO3S/c13-8(7-4-2-1-3-5-7)6-9-10(14)12-11(15)16-9/h1-5,9H,6H2,(H,12,14,15)/t9-/m1/s1.